The summed E-state index contributed by atoms with van der Waals surface area (Å²) >= 11 is 0. The van der Waals surface area contributed by atoms with Crippen LogP contribution < -0.4 is 0 Å². The van der Waals surface area contributed by atoms with Gasteiger partial charge in [0.2, 0.25) is 10.0 Å². The predicted molar refractivity (Wildman–Crippen MR) is 78.5 cm³/mol. The molecular formula is C13H20N2O5S. The lowest BCUT2D eigenvalue weighted by Crippen LogP contribution is -2.23. The van der Waals surface area contributed by atoms with Crippen LogP contribution in [0.1, 0.15) is 19.4 Å². The Bertz CT molecular complexity index is 625. The molecular weight excluding hydrogens is 296 g/mol. The van der Waals surface area contributed by atoms with E-state index in [1.54, 1.807) is 13.8 Å². The van der Waals surface area contributed by atoms with E-state index in [4.69, 9.17) is 0 Å². The molecule has 7 nitrogen and oxygen atoms in total. The van der Waals surface area contributed by atoms with Crippen molar-refractivity contribution in [3.05, 3.63) is 33.9 Å². The summed E-state index contributed by atoms with van der Waals surface area (Å²) in [5, 5.41) is 21.0. The molecule has 0 radical (unpaired) electrons. The Balaban J connectivity index is 3.30. The van der Waals surface area contributed by atoms with Gasteiger partial charge in [0, 0.05) is 32.1 Å². The van der Waals surface area contributed by atoms with Gasteiger partial charge >= 0.3 is 0 Å². The third-order valence-electron chi connectivity index (χ3n) is 3.23. The van der Waals surface area contributed by atoms with E-state index >= 15 is 0 Å². The summed E-state index contributed by atoms with van der Waals surface area (Å²) in [4.78, 5) is 10.4. The highest BCUT2D eigenvalue weighted by molar-refractivity contribution is 7.89. The predicted octanol–water partition coefficient (Wildman–Crippen LogP) is 1.40. The van der Waals surface area contributed by atoms with Crippen molar-refractivity contribution < 1.29 is 18.4 Å². The summed E-state index contributed by atoms with van der Waals surface area (Å²) in [6.07, 6.45) is -0.615. The van der Waals surface area contributed by atoms with Gasteiger partial charge in [-0.05, 0) is 12.0 Å². The Morgan fingerprint density at radius 2 is 1.90 bits per heavy atom. The lowest BCUT2D eigenvalue weighted by Gasteiger charge is -2.15. The highest BCUT2D eigenvalue weighted by Gasteiger charge is 2.24. The number of benzene rings is 1. The van der Waals surface area contributed by atoms with Crippen LogP contribution in [0.4, 0.5) is 5.69 Å². The van der Waals surface area contributed by atoms with Crippen molar-refractivity contribution >= 4 is 15.7 Å². The van der Waals surface area contributed by atoms with E-state index in [9.17, 15) is 23.6 Å². The fourth-order valence-electron chi connectivity index (χ4n) is 1.72. The number of sulfonamides is 1. The summed E-state index contributed by atoms with van der Waals surface area (Å²) in [7, 11) is -1.01. The Morgan fingerprint density at radius 3 is 2.33 bits per heavy atom. The Morgan fingerprint density at radius 1 is 1.33 bits per heavy atom. The minimum absolute atomic E-state index is 0.0465. The van der Waals surface area contributed by atoms with Crippen molar-refractivity contribution in [2.24, 2.45) is 5.92 Å². The number of rotatable bonds is 6. The van der Waals surface area contributed by atoms with Crippen LogP contribution in [0.15, 0.2) is 23.1 Å². The number of nitro benzene ring substituents is 1. The van der Waals surface area contributed by atoms with Crippen LogP contribution in [-0.4, -0.2) is 43.0 Å². The molecule has 0 aliphatic rings. The van der Waals surface area contributed by atoms with Crippen molar-refractivity contribution in [1.82, 2.24) is 4.31 Å². The molecule has 0 fully saturated rings. The number of aliphatic hydroxyl groups excluding tert-OH is 1. The zero-order valence-electron chi connectivity index (χ0n) is 12.5. The van der Waals surface area contributed by atoms with Crippen molar-refractivity contribution in [2.45, 2.75) is 31.3 Å². The van der Waals surface area contributed by atoms with Crippen LogP contribution in [-0.2, 0) is 16.4 Å². The van der Waals surface area contributed by atoms with Gasteiger partial charge in [0.05, 0.1) is 15.9 Å². The van der Waals surface area contributed by atoms with Gasteiger partial charge in [-0.2, -0.15) is 0 Å². The van der Waals surface area contributed by atoms with Gasteiger partial charge in [0.15, 0.2) is 0 Å². The van der Waals surface area contributed by atoms with E-state index in [1.807, 2.05) is 0 Å². The van der Waals surface area contributed by atoms with Crippen LogP contribution in [0.25, 0.3) is 0 Å². The molecule has 8 heteroatoms. The van der Waals surface area contributed by atoms with Gasteiger partial charge in [0.25, 0.3) is 5.69 Å². The second kappa shape index (κ2) is 6.50. The maximum atomic E-state index is 12.0. The first kappa shape index (κ1) is 17.5. The fraction of sp³-hybridized carbons (Fsp3) is 0.538. The fourth-order valence-corrected chi connectivity index (χ4v) is 2.64. The molecule has 0 aliphatic heterocycles. The van der Waals surface area contributed by atoms with Crippen LogP contribution in [0.2, 0.25) is 0 Å². The summed E-state index contributed by atoms with van der Waals surface area (Å²) in [6.45, 7) is 3.61. The third-order valence-corrected chi connectivity index (χ3v) is 5.04. The largest absolute Gasteiger partial charge is 0.393 e. The molecule has 1 aromatic carbocycles. The van der Waals surface area contributed by atoms with Gasteiger partial charge in [0.1, 0.15) is 0 Å². The molecule has 0 saturated heterocycles. The first-order valence-corrected chi connectivity index (χ1v) is 7.89. The SMILES string of the molecule is CC(C)C(O)Cc1ccc(S(=O)(=O)N(C)C)cc1[N+](=O)[O-]. The molecule has 0 saturated carbocycles. The molecule has 0 aromatic heterocycles. The molecule has 0 amide bonds. The van der Waals surface area contributed by atoms with Crippen LogP contribution >= 0.6 is 0 Å². The van der Waals surface area contributed by atoms with E-state index < -0.39 is 21.1 Å². The third kappa shape index (κ3) is 3.99. The minimum atomic E-state index is -3.73. The lowest BCUT2D eigenvalue weighted by atomic mass is 9.98. The molecule has 1 unspecified atom stereocenters. The van der Waals surface area contributed by atoms with Gasteiger partial charge in [-0.3, -0.25) is 10.1 Å². The second-order valence-electron chi connectivity index (χ2n) is 5.35. The topological polar surface area (TPSA) is 101 Å². The number of nitro groups is 1. The Hall–Kier alpha value is -1.51. The highest BCUT2D eigenvalue weighted by atomic mass is 32.2. The van der Waals surface area contributed by atoms with E-state index in [0.29, 0.717) is 5.56 Å². The minimum Gasteiger partial charge on any atom is -0.393 e. The molecule has 1 N–H and O–H groups in total. The van der Waals surface area contributed by atoms with Crippen molar-refractivity contribution in [3.63, 3.8) is 0 Å². The molecule has 0 spiro atoms. The van der Waals surface area contributed by atoms with Gasteiger partial charge < -0.3 is 5.11 Å². The number of hydrogen-bond donors (Lipinski definition) is 1. The maximum Gasteiger partial charge on any atom is 0.274 e. The standard InChI is InChI=1S/C13H20N2O5S/c1-9(2)13(16)7-10-5-6-11(8-12(10)15(17)18)21(19,20)14(3)4/h5-6,8-9,13,16H,7H2,1-4H3. The summed E-state index contributed by atoms with van der Waals surface area (Å²) in [6, 6.07) is 3.75. The van der Waals surface area contributed by atoms with E-state index in [2.05, 4.69) is 0 Å². The monoisotopic (exact) mass is 316 g/mol. The first-order valence-electron chi connectivity index (χ1n) is 6.45. The van der Waals surface area contributed by atoms with E-state index in [-0.39, 0.29) is 22.9 Å². The maximum absolute atomic E-state index is 12.0. The molecule has 0 aliphatic carbocycles. The van der Waals surface area contributed by atoms with Gasteiger partial charge in [-0.25, -0.2) is 12.7 Å². The van der Waals surface area contributed by atoms with E-state index in [0.717, 1.165) is 10.4 Å². The Kier molecular flexibility index (Phi) is 5.43. The number of hydrogen-bond acceptors (Lipinski definition) is 5. The smallest absolute Gasteiger partial charge is 0.274 e. The zero-order valence-corrected chi connectivity index (χ0v) is 13.3. The molecule has 1 rings (SSSR count). The molecule has 0 bridgehead atoms. The summed E-state index contributed by atoms with van der Waals surface area (Å²) < 4.78 is 25.0. The van der Waals surface area contributed by atoms with Crippen molar-refractivity contribution in [1.29, 1.82) is 0 Å². The lowest BCUT2D eigenvalue weighted by molar-refractivity contribution is -0.385. The molecule has 21 heavy (non-hydrogen) atoms. The second-order valence-corrected chi connectivity index (χ2v) is 7.50. The van der Waals surface area contributed by atoms with Crippen molar-refractivity contribution in [2.75, 3.05) is 14.1 Å². The van der Waals surface area contributed by atoms with E-state index in [1.165, 1.54) is 26.2 Å². The zero-order chi connectivity index (χ0) is 16.4. The van der Waals surface area contributed by atoms with Crippen molar-refractivity contribution in [3.8, 4) is 0 Å². The Labute approximate surface area is 124 Å². The normalized spacial score (nSPS) is 13.7. The average Bonchev–Trinajstić information content (AvgIpc) is 2.38. The van der Waals surface area contributed by atoms with Gasteiger partial charge in [-0.1, -0.05) is 19.9 Å². The quantitative estimate of drug-likeness (QED) is 0.631. The summed E-state index contributed by atoms with van der Waals surface area (Å²) in [5.74, 6) is -0.0465. The van der Waals surface area contributed by atoms with Crippen LogP contribution in [0.5, 0.6) is 0 Å². The average molecular weight is 316 g/mol. The van der Waals surface area contributed by atoms with Crippen LogP contribution in [0.3, 0.4) is 0 Å². The first-order chi connectivity index (χ1) is 9.57. The number of aliphatic hydroxyl groups is 1. The summed E-state index contributed by atoms with van der Waals surface area (Å²) in [5.41, 5.74) is 0.0246. The molecule has 1 aromatic rings. The van der Waals surface area contributed by atoms with Gasteiger partial charge in [-0.15, -0.1) is 0 Å². The van der Waals surface area contributed by atoms with Crippen LogP contribution in [0, 0.1) is 16.0 Å². The molecule has 1 atom stereocenters. The highest BCUT2D eigenvalue weighted by Crippen LogP contribution is 2.26. The molecule has 118 valence electrons. The molecule has 0 heterocycles. The number of nitrogens with zero attached hydrogens (tertiary/aromatic N) is 2.